The second kappa shape index (κ2) is 7.80. The SMILES string of the molecule is CCN(CC1CC1)C(=O)c1cccc(S(=O)(=O)Nc2ccc(Br)cc2)c1. The van der Waals surface area contributed by atoms with Gasteiger partial charge in [-0.15, -0.1) is 0 Å². The van der Waals surface area contributed by atoms with Crippen LogP contribution in [0.25, 0.3) is 0 Å². The third-order valence-electron chi connectivity index (χ3n) is 4.33. The average molecular weight is 437 g/mol. The molecule has 1 saturated carbocycles. The Labute approximate surface area is 162 Å². The van der Waals surface area contributed by atoms with E-state index in [4.69, 9.17) is 0 Å². The number of hydrogen-bond acceptors (Lipinski definition) is 3. The lowest BCUT2D eigenvalue weighted by Crippen LogP contribution is -2.32. The predicted octanol–water partition coefficient (Wildman–Crippen LogP) is 4.12. The van der Waals surface area contributed by atoms with E-state index in [2.05, 4.69) is 20.7 Å². The number of carbonyl (C=O) groups is 1. The Kier molecular flexibility index (Phi) is 5.67. The fourth-order valence-electron chi connectivity index (χ4n) is 2.68. The van der Waals surface area contributed by atoms with Crippen molar-refractivity contribution in [2.24, 2.45) is 5.92 Å². The van der Waals surface area contributed by atoms with Crippen molar-refractivity contribution in [1.82, 2.24) is 4.90 Å². The summed E-state index contributed by atoms with van der Waals surface area (Å²) < 4.78 is 28.7. The molecular weight excluding hydrogens is 416 g/mol. The summed E-state index contributed by atoms with van der Waals surface area (Å²) >= 11 is 3.32. The van der Waals surface area contributed by atoms with Gasteiger partial charge in [-0.05, 0) is 68.1 Å². The van der Waals surface area contributed by atoms with Gasteiger partial charge in [-0.25, -0.2) is 8.42 Å². The smallest absolute Gasteiger partial charge is 0.261 e. The molecule has 1 aliphatic carbocycles. The highest BCUT2D eigenvalue weighted by molar-refractivity contribution is 9.10. The van der Waals surface area contributed by atoms with E-state index in [1.165, 1.54) is 12.1 Å². The maximum atomic E-state index is 12.7. The first-order chi connectivity index (χ1) is 12.4. The van der Waals surface area contributed by atoms with Gasteiger partial charge in [0.2, 0.25) is 0 Å². The second-order valence-corrected chi connectivity index (χ2v) is 9.03. The van der Waals surface area contributed by atoms with Crippen LogP contribution >= 0.6 is 15.9 Å². The van der Waals surface area contributed by atoms with Crippen LogP contribution in [0.2, 0.25) is 0 Å². The minimum absolute atomic E-state index is 0.0775. The zero-order valence-electron chi connectivity index (χ0n) is 14.5. The van der Waals surface area contributed by atoms with E-state index in [1.807, 2.05) is 6.92 Å². The van der Waals surface area contributed by atoms with Crippen LogP contribution in [0.4, 0.5) is 5.69 Å². The summed E-state index contributed by atoms with van der Waals surface area (Å²) in [6, 6.07) is 13.1. The largest absolute Gasteiger partial charge is 0.339 e. The molecule has 0 spiro atoms. The van der Waals surface area contributed by atoms with Crippen LogP contribution in [-0.2, 0) is 10.0 Å². The fraction of sp³-hybridized carbons (Fsp3) is 0.316. The molecule has 2 aromatic carbocycles. The number of benzene rings is 2. The molecule has 0 heterocycles. The van der Waals surface area contributed by atoms with Crippen LogP contribution in [0.5, 0.6) is 0 Å². The molecule has 26 heavy (non-hydrogen) atoms. The minimum atomic E-state index is -3.76. The molecule has 0 saturated heterocycles. The van der Waals surface area contributed by atoms with Gasteiger partial charge < -0.3 is 4.90 Å². The van der Waals surface area contributed by atoms with Gasteiger partial charge in [0, 0.05) is 28.8 Å². The van der Waals surface area contributed by atoms with Crippen molar-refractivity contribution in [3.05, 3.63) is 58.6 Å². The number of sulfonamides is 1. The molecule has 0 aromatic heterocycles. The van der Waals surface area contributed by atoms with Crippen LogP contribution in [0, 0.1) is 5.92 Å². The highest BCUT2D eigenvalue weighted by Crippen LogP contribution is 2.30. The monoisotopic (exact) mass is 436 g/mol. The first-order valence-corrected chi connectivity index (χ1v) is 10.8. The zero-order chi connectivity index (χ0) is 18.7. The van der Waals surface area contributed by atoms with E-state index in [0.29, 0.717) is 23.7 Å². The number of amides is 1. The van der Waals surface area contributed by atoms with Crippen molar-refractivity contribution in [1.29, 1.82) is 0 Å². The van der Waals surface area contributed by atoms with Crippen molar-refractivity contribution < 1.29 is 13.2 Å². The third kappa shape index (κ3) is 4.65. The first-order valence-electron chi connectivity index (χ1n) is 8.57. The molecular formula is C19H21BrN2O3S. The van der Waals surface area contributed by atoms with Gasteiger partial charge in [0.05, 0.1) is 4.90 Å². The van der Waals surface area contributed by atoms with Gasteiger partial charge in [0.1, 0.15) is 0 Å². The molecule has 3 rings (SSSR count). The Morgan fingerprint density at radius 1 is 1.19 bits per heavy atom. The van der Waals surface area contributed by atoms with Gasteiger partial charge in [0.15, 0.2) is 0 Å². The number of nitrogens with one attached hydrogen (secondary N) is 1. The molecule has 1 aliphatic rings. The van der Waals surface area contributed by atoms with Crippen molar-refractivity contribution in [3.8, 4) is 0 Å². The summed E-state index contributed by atoms with van der Waals surface area (Å²) in [6.07, 6.45) is 2.32. The average Bonchev–Trinajstić information content (AvgIpc) is 3.45. The van der Waals surface area contributed by atoms with E-state index in [9.17, 15) is 13.2 Å². The lowest BCUT2D eigenvalue weighted by molar-refractivity contribution is 0.0756. The number of rotatable bonds is 7. The van der Waals surface area contributed by atoms with Gasteiger partial charge in [0.25, 0.3) is 15.9 Å². The molecule has 2 aromatic rings. The van der Waals surface area contributed by atoms with Crippen LogP contribution in [0.3, 0.4) is 0 Å². The van der Waals surface area contributed by atoms with Crippen molar-refractivity contribution in [3.63, 3.8) is 0 Å². The molecule has 0 radical (unpaired) electrons. The standard InChI is InChI=1S/C19H21BrN2O3S/c1-2-22(13-14-6-7-14)19(23)15-4-3-5-18(12-15)26(24,25)21-17-10-8-16(20)9-11-17/h3-5,8-12,14,21H,2,6-7,13H2,1H3. The first kappa shape index (κ1) is 18.9. The van der Waals surface area contributed by atoms with E-state index in [0.717, 1.165) is 23.9 Å². The topological polar surface area (TPSA) is 66.5 Å². The van der Waals surface area contributed by atoms with Gasteiger partial charge in [-0.1, -0.05) is 22.0 Å². The van der Waals surface area contributed by atoms with E-state index in [1.54, 1.807) is 41.3 Å². The Bertz CT molecular complexity index is 893. The third-order valence-corrected chi connectivity index (χ3v) is 6.24. The molecule has 7 heteroatoms. The number of nitrogens with zero attached hydrogens (tertiary/aromatic N) is 1. The maximum absolute atomic E-state index is 12.7. The number of hydrogen-bond donors (Lipinski definition) is 1. The number of anilines is 1. The van der Waals surface area contributed by atoms with Crippen molar-refractivity contribution >= 4 is 37.5 Å². The second-order valence-electron chi connectivity index (χ2n) is 6.43. The molecule has 5 nitrogen and oxygen atoms in total. The van der Waals surface area contributed by atoms with Gasteiger partial charge >= 0.3 is 0 Å². The molecule has 1 fully saturated rings. The lowest BCUT2D eigenvalue weighted by atomic mass is 10.2. The van der Waals surface area contributed by atoms with Crippen molar-refractivity contribution in [2.75, 3.05) is 17.8 Å². The normalized spacial score (nSPS) is 14.1. The Hall–Kier alpha value is -1.86. The summed E-state index contributed by atoms with van der Waals surface area (Å²) in [5.74, 6) is 0.463. The molecule has 1 amide bonds. The molecule has 0 aliphatic heterocycles. The maximum Gasteiger partial charge on any atom is 0.261 e. The highest BCUT2D eigenvalue weighted by Gasteiger charge is 2.27. The number of carbonyl (C=O) groups excluding carboxylic acids is 1. The molecule has 0 atom stereocenters. The summed E-state index contributed by atoms with van der Waals surface area (Å²) in [5, 5.41) is 0. The molecule has 0 unspecified atom stereocenters. The lowest BCUT2D eigenvalue weighted by Gasteiger charge is -2.21. The summed E-state index contributed by atoms with van der Waals surface area (Å²) in [5.41, 5.74) is 0.861. The Balaban J connectivity index is 1.80. The summed E-state index contributed by atoms with van der Waals surface area (Å²) in [6.45, 7) is 3.29. The van der Waals surface area contributed by atoms with Crippen LogP contribution in [0.15, 0.2) is 57.9 Å². The minimum Gasteiger partial charge on any atom is -0.339 e. The van der Waals surface area contributed by atoms with Crippen LogP contribution in [0.1, 0.15) is 30.1 Å². The predicted molar refractivity (Wildman–Crippen MR) is 106 cm³/mol. The Morgan fingerprint density at radius 3 is 2.50 bits per heavy atom. The van der Waals surface area contributed by atoms with Gasteiger partial charge in [-0.2, -0.15) is 0 Å². The quantitative estimate of drug-likeness (QED) is 0.709. The van der Waals surface area contributed by atoms with Crippen molar-refractivity contribution in [2.45, 2.75) is 24.7 Å². The van der Waals surface area contributed by atoms with E-state index >= 15 is 0 Å². The zero-order valence-corrected chi connectivity index (χ0v) is 16.9. The summed E-state index contributed by atoms with van der Waals surface area (Å²) in [7, 11) is -3.76. The molecule has 0 bridgehead atoms. The van der Waals surface area contributed by atoms with Crippen LogP contribution in [-0.4, -0.2) is 32.3 Å². The molecule has 1 N–H and O–H groups in total. The number of halogens is 1. The molecule has 138 valence electrons. The van der Waals surface area contributed by atoms with E-state index < -0.39 is 10.0 Å². The van der Waals surface area contributed by atoms with E-state index in [-0.39, 0.29) is 10.8 Å². The highest BCUT2D eigenvalue weighted by atomic mass is 79.9. The van der Waals surface area contributed by atoms with Crippen LogP contribution < -0.4 is 4.72 Å². The summed E-state index contributed by atoms with van der Waals surface area (Å²) in [4.78, 5) is 14.6. The fourth-order valence-corrected chi connectivity index (χ4v) is 4.05. The van der Waals surface area contributed by atoms with Gasteiger partial charge in [-0.3, -0.25) is 9.52 Å². The Morgan fingerprint density at radius 2 is 1.88 bits per heavy atom.